The number of hydrogen-bond donors (Lipinski definition) is 1. The number of benzene rings is 1. The van der Waals surface area contributed by atoms with Crippen LogP contribution >= 0.6 is 11.6 Å². The maximum atomic E-state index is 12.8. The second kappa shape index (κ2) is 7.49. The van der Waals surface area contributed by atoms with Crippen LogP contribution in [0, 0.1) is 10.1 Å². The fourth-order valence-electron chi connectivity index (χ4n) is 2.09. The molecular formula is C17H17ClN4O4. The van der Waals surface area contributed by atoms with Gasteiger partial charge >= 0.3 is 0 Å². The number of hydrazine groups is 1. The molecule has 0 aliphatic carbocycles. The number of aromatic nitrogens is 1. The summed E-state index contributed by atoms with van der Waals surface area (Å²) in [5.74, 6) is -1.10. The maximum Gasteiger partial charge on any atom is 0.275 e. The molecule has 0 radical (unpaired) electrons. The zero-order valence-corrected chi connectivity index (χ0v) is 15.1. The number of rotatable bonds is 3. The molecule has 0 atom stereocenters. The van der Waals surface area contributed by atoms with Gasteiger partial charge in [0.05, 0.1) is 16.0 Å². The van der Waals surface area contributed by atoms with E-state index in [1.165, 1.54) is 36.5 Å². The molecule has 2 amide bonds. The number of carbonyl (C=O) groups excluding carboxylic acids is 2. The molecule has 0 aliphatic rings. The molecule has 0 spiro atoms. The number of halogens is 1. The summed E-state index contributed by atoms with van der Waals surface area (Å²) in [6.45, 7) is 5.22. The Balaban J connectivity index is 2.28. The Labute approximate surface area is 154 Å². The van der Waals surface area contributed by atoms with E-state index in [1.807, 2.05) is 0 Å². The molecule has 0 saturated heterocycles. The van der Waals surface area contributed by atoms with Gasteiger partial charge in [0.2, 0.25) is 0 Å². The van der Waals surface area contributed by atoms with Gasteiger partial charge in [0.25, 0.3) is 17.5 Å². The fourth-order valence-corrected chi connectivity index (χ4v) is 2.29. The first-order valence-electron chi connectivity index (χ1n) is 7.62. The maximum absolute atomic E-state index is 12.8. The van der Waals surface area contributed by atoms with Crippen LogP contribution in [0.2, 0.25) is 5.15 Å². The molecule has 0 fully saturated rings. The highest BCUT2D eigenvalue weighted by Gasteiger charge is 2.31. The van der Waals surface area contributed by atoms with Gasteiger partial charge in [-0.2, -0.15) is 0 Å². The van der Waals surface area contributed by atoms with Crippen molar-refractivity contribution in [2.45, 2.75) is 26.3 Å². The normalized spacial score (nSPS) is 10.9. The van der Waals surface area contributed by atoms with Crippen molar-refractivity contribution in [3.05, 3.63) is 69.0 Å². The first-order valence-corrected chi connectivity index (χ1v) is 7.99. The summed E-state index contributed by atoms with van der Waals surface area (Å²) in [5.41, 5.74) is 1.97. The Hall–Kier alpha value is -3.00. The molecule has 2 rings (SSSR count). The van der Waals surface area contributed by atoms with Crippen LogP contribution in [-0.2, 0) is 0 Å². The van der Waals surface area contributed by atoms with Crippen LogP contribution in [-0.4, -0.2) is 32.3 Å². The van der Waals surface area contributed by atoms with Gasteiger partial charge in [-0.05, 0) is 45.0 Å². The van der Waals surface area contributed by atoms with Crippen molar-refractivity contribution in [2.75, 3.05) is 0 Å². The van der Waals surface area contributed by atoms with E-state index in [0.29, 0.717) is 0 Å². The molecule has 0 bridgehead atoms. The number of non-ortho nitro benzene ring substituents is 1. The van der Waals surface area contributed by atoms with Crippen molar-refractivity contribution in [1.82, 2.24) is 15.4 Å². The minimum Gasteiger partial charge on any atom is -0.267 e. The summed E-state index contributed by atoms with van der Waals surface area (Å²) in [4.78, 5) is 39.3. The van der Waals surface area contributed by atoms with Crippen LogP contribution in [0.15, 0.2) is 42.6 Å². The third-order valence-corrected chi connectivity index (χ3v) is 3.72. The van der Waals surface area contributed by atoms with E-state index in [1.54, 1.807) is 26.8 Å². The van der Waals surface area contributed by atoms with E-state index in [2.05, 4.69) is 10.4 Å². The number of amides is 2. The van der Waals surface area contributed by atoms with Crippen LogP contribution in [0.3, 0.4) is 0 Å². The standard InChI is InChI=1S/C17H17ClN4O4/c1-17(2,3)21(16(24)13-5-4-10-19-14(13)18)20-15(23)11-6-8-12(9-7-11)22(25)26/h4-10H,1-3H3,(H,20,23). The summed E-state index contributed by atoms with van der Waals surface area (Å²) < 4.78 is 0. The number of nitrogens with one attached hydrogen (secondary N) is 1. The molecule has 0 unspecified atom stereocenters. The quantitative estimate of drug-likeness (QED) is 0.503. The van der Waals surface area contributed by atoms with Crippen LogP contribution in [0.4, 0.5) is 5.69 Å². The van der Waals surface area contributed by atoms with Crippen molar-refractivity contribution < 1.29 is 14.5 Å². The minimum absolute atomic E-state index is 0.0244. The lowest BCUT2D eigenvalue weighted by Crippen LogP contribution is -2.56. The average Bonchev–Trinajstić information content (AvgIpc) is 2.58. The molecule has 8 nitrogen and oxygen atoms in total. The van der Waals surface area contributed by atoms with E-state index < -0.39 is 22.3 Å². The van der Waals surface area contributed by atoms with E-state index in [-0.39, 0.29) is 22.0 Å². The lowest BCUT2D eigenvalue weighted by atomic mass is 10.1. The first-order chi connectivity index (χ1) is 12.1. The minimum atomic E-state index is -0.757. The number of carbonyl (C=O) groups is 2. The molecule has 0 aliphatic heterocycles. The third kappa shape index (κ3) is 4.34. The lowest BCUT2D eigenvalue weighted by molar-refractivity contribution is -0.384. The summed E-state index contributed by atoms with van der Waals surface area (Å²) in [6, 6.07) is 8.14. The third-order valence-electron chi connectivity index (χ3n) is 3.42. The number of nitro groups is 1. The topological polar surface area (TPSA) is 105 Å². The van der Waals surface area contributed by atoms with Crippen molar-refractivity contribution in [3.63, 3.8) is 0 Å². The number of pyridine rings is 1. The largest absolute Gasteiger partial charge is 0.275 e. The van der Waals surface area contributed by atoms with Crippen LogP contribution in [0.25, 0.3) is 0 Å². The highest BCUT2D eigenvalue weighted by atomic mass is 35.5. The molecule has 1 heterocycles. The molecule has 1 aromatic heterocycles. The highest BCUT2D eigenvalue weighted by Crippen LogP contribution is 2.20. The van der Waals surface area contributed by atoms with Crippen LogP contribution < -0.4 is 5.43 Å². The van der Waals surface area contributed by atoms with Gasteiger partial charge in [-0.1, -0.05) is 11.6 Å². The summed E-state index contributed by atoms with van der Waals surface area (Å²) in [5, 5.41) is 11.9. The van der Waals surface area contributed by atoms with Gasteiger partial charge in [0, 0.05) is 23.9 Å². The van der Waals surface area contributed by atoms with Crippen molar-refractivity contribution >= 4 is 29.1 Å². The average molecular weight is 377 g/mol. The van der Waals surface area contributed by atoms with Crippen LogP contribution in [0.1, 0.15) is 41.5 Å². The summed E-state index contributed by atoms with van der Waals surface area (Å²) in [6.07, 6.45) is 1.45. The Morgan fingerprint density at radius 1 is 1.19 bits per heavy atom. The van der Waals surface area contributed by atoms with Crippen molar-refractivity contribution in [3.8, 4) is 0 Å². The highest BCUT2D eigenvalue weighted by molar-refractivity contribution is 6.32. The Bertz CT molecular complexity index is 847. The first kappa shape index (κ1) is 19.3. The van der Waals surface area contributed by atoms with Gasteiger partial charge in [0.15, 0.2) is 0 Å². The van der Waals surface area contributed by atoms with Crippen LogP contribution in [0.5, 0.6) is 0 Å². The zero-order valence-electron chi connectivity index (χ0n) is 14.4. The molecule has 26 heavy (non-hydrogen) atoms. The predicted molar refractivity (Wildman–Crippen MR) is 95.7 cm³/mol. The van der Waals surface area contributed by atoms with Crippen molar-refractivity contribution in [1.29, 1.82) is 0 Å². The lowest BCUT2D eigenvalue weighted by Gasteiger charge is -2.35. The van der Waals surface area contributed by atoms with E-state index >= 15 is 0 Å². The molecule has 136 valence electrons. The molecule has 0 saturated carbocycles. The van der Waals surface area contributed by atoms with Gasteiger partial charge in [-0.3, -0.25) is 25.1 Å². The van der Waals surface area contributed by atoms with E-state index in [4.69, 9.17) is 11.6 Å². The van der Waals surface area contributed by atoms with E-state index in [0.717, 1.165) is 5.01 Å². The smallest absolute Gasteiger partial charge is 0.267 e. The van der Waals surface area contributed by atoms with Gasteiger partial charge in [0.1, 0.15) is 5.15 Å². The molecule has 1 N–H and O–H groups in total. The molecule has 9 heteroatoms. The molecule has 1 aromatic carbocycles. The Kier molecular flexibility index (Phi) is 5.56. The number of hydrogen-bond acceptors (Lipinski definition) is 5. The second-order valence-corrected chi connectivity index (χ2v) is 6.76. The fraction of sp³-hybridized carbons (Fsp3) is 0.235. The number of nitro benzene ring substituents is 1. The SMILES string of the molecule is CC(C)(C)N(NC(=O)c1ccc([N+](=O)[O-])cc1)C(=O)c1cccnc1Cl. The number of nitrogens with zero attached hydrogens (tertiary/aromatic N) is 3. The van der Waals surface area contributed by atoms with Crippen molar-refractivity contribution in [2.24, 2.45) is 0 Å². The summed E-state index contributed by atoms with van der Waals surface area (Å²) in [7, 11) is 0. The second-order valence-electron chi connectivity index (χ2n) is 6.40. The molecular weight excluding hydrogens is 360 g/mol. The monoisotopic (exact) mass is 376 g/mol. The van der Waals surface area contributed by atoms with Gasteiger partial charge in [-0.25, -0.2) is 9.99 Å². The Morgan fingerprint density at radius 2 is 1.81 bits per heavy atom. The summed E-state index contributed by atoms with van der Waals surface area (Å²) >= 11 is 5.98. The zero-order chi connectivity index (χ0) is 19.5. The van der Waals surface area contributed by atoms with E-state index in [9.17, 15) is 19.7 Å². The van der Waals surface area contributed by atoms with Gasteiger partial charge in [-0.15, -0.1) is 0 Å². The Morgan fingerprint density at radius 3 is 2.31 bits per heavy atom. The van der Waals surface area contributed by atoms with Gasteiger partial charge < -0.3 is 0 Å². The molecule has 2 aromatic rings. The predicted octanol–water partition coefficient (Wildman–Crippen LogP) is 3.23.